The minimum Gasteiger partial charge on any atom is -0.457 e. The molecule has 242 valence electrons. The molecular formula is C43H44N4O. The fraction of sp³-hybridized carbons (Fsp3) is 0.256. The number of aryl methyl sites for hydroxylation is 2. The number of rotatable bonds is 10. The minimum absolute atomic E-state index is 0.504. The molecule has 48 heavy (non-hydrogen) atoms. The first-order chi connectivity index (χ1) is 23.3. The van der Waals surface area contributed by atoms with Crippen molar-refractivity contribution in [2.75, 3.05) is 0 Å². The molecule has 1 unspecified atom stereocenters. The highest BCUT2D eigenvalue weighted by molar-refractivity contribution is 6.09. The van der Waals surface area contributed by atoms with E-state index >= 15 is 0 Å². The van der Waals surface area contributed by atoms with E-state index in [0.717, 1.165) is 56.9 Å². The van der Waals surface area contributed by atoms with Crippen LogP contribution in [0.1, 0.15) is 68.5 Å². The number of benzene rings is 4. The lowest BCUT2D eigenvalue weighted by Crippen LogP contribution is -2.00. The summed E-state index contributed by atoms with van der Waals surface area (Å²) in [4.78, 5) is 4.81. The standard InChI is InChI=1S/C43H44N4O/c1-28(2)12-10-13-30(4)34-18-21-40-39(25-34)38-20-19-37(27-41(38)46(40)42-24-29(3)22-23-44-42)48-36-17-11-16-35(26-36)47-32(6)43(31(5)45-47)33-14-8-7-9-15-33/h7-9,11,14-28,30H,10,12-13H2,1-6H3. The van der Waals surface area contributed by atoms with Gasteiger partial charge in [-0.2, -0.15) is 5.10 Å². The summed E-state index contributed by atoms with van der Waals surface area (Å²) in [5, 5.41) is 7.36. The molecule has 0 aliphatic rings. The van der Waals surface area contributed by atoms with Crippen LogP contribution in [0.5, 0.6) is 11.5 Å². The highest BCUT2D eigenvalue weighted by Gasteiger charge is 2.18. The smallest absolute Gasteiger partial charge is 0.137 e. The largest absolute Gasteiger partial charge is 0.457 e. The molecule has 0 amide bonds. The Hall–Kier alpha value is -5.16. The predicted octanol–water partition coefficient (Wildman–Crippen LogP) is 11.7. The number of nitrogens with zero attached hydrogens (tertiary/aromatic N) is 4. The molecule has 7 aromatic rings. The predicted molar refractivity (Wildman–Crippen MR) is 199 cm³/mol. The molecule has 5 heteroatoms. The van der Waals surface area contributed by atoms with Crippen LogP contribution in [0.4, 0.5) is 0 Å². The molecule has 3 heterocycles. The van der Waals surface area contributed by atoms with Crippen molar-refractivity contribution < 1.29 is 4.74 Å². The Morgan fingerprint density at radius 1 is 0.708 bits per heavy atom. The summed E-state index contributed by atoms with van der Waals surface area (Å²) in [6.07, 6.45) is 5.61. The van der Waals surface area contributed by atoms with Gasteiger partial charge in [0.1, 0.15) is 17.3 Å². The fourth-order valence-electron chi connectivity index (χ4n) is 7.01. The zero-order valence-corrected chi connectivity index (χ0v) is 28.9. The molecule has 0 aliphatic heterocycles. The van der Waals surface area contributed by atoms with Gasteiger partial charge in [0, 0.05) is 40.4 Å². The maximum atomic E-state index is 6.57. The molecular weight excluding hydrogens is 589 g/mol. The molecule has 0 spiro atoms. The lowest BCUT2D eigenvalue weighted by atomic mass is 9.92. The van der Waals surface area contributed by atoms with E-state index in [4.69, 9.17) is 14.8 Å². The van der Waals surface area contributed by atoms with Crippen LogP contribution in [0.2, 0.25) is 0 Å². The normalized spacial score (nSPS) is 12.3. The summed E-state index contributed by atoms with van der Waals surface area (Å²) in [5.74, 6) is 3.69. The van der Waals surface area contributed by atoms with Gasteiger partial charge in [-0.15, -0.1) is 0 Å². The lowest BCUT2D eigenvalue weighted by molar-refractivity contribution is 0.482. The quantitative estimate of drug-likeness (QED) is 0.151. The number of pyridine rings is 1. The molecule has 0 saturated carbocycles. The molecule has 0 saturated heterocycles. The molecule has 7 rings (SSSR count). The summed E-state index contributed by atoms with van der Waals surface area (Å²) in [6, 6.07) is 36.2. The number of fused-ring (bicyclic) bond motifs is 3. The number of ether oxygens (including phenoxy) is 1. The number of aromatic nitrogens is 4. The zero-order valence-electron chi connectivity index (χ0n) is 28.9. The maximum absolute atomic E-state index is 6.57. The molecule has 5 nitrogen and oxygen atoms in total. The van der Waals surface area contributed by atoms with Crippen molar-refractivity contribution in [3.8, 4) is 34.1 Å². The lowest BCUT2D eigenvalue weighted by Gasteiger charge is -2.13. The van der Waals surface area contributed by atoms with Crippen molar-refractivity contribution in [2.45, 2.75) is 66.7 Å². The third kappa shape index (κ3) is 6.13. The monoisotopic (exact) mass is 632 g/mol. The summed E-state index contributed by atoms with van der Waals surface area (Å²) >= 11 is 0. The van der Waals surface area contributed by atoms with E-state index in [-0.39, 0.29) is 0 Å². The first-order valence-corrected chi connectivity index (χ1v) is 17.2. The SMILES string of the molecule is Cc1ccnc(-n2c3ccc(C(C)CCCC(C)C)cc3c3ccc(Oc4cccc(-n5nc(C)c(-c6ccccc6)c5C)c4)cc32)c1. The van der Waals surface area contributed by atoms with Gasteiger partial charge < -0.3 is 4.74 Å². The minimum atomic E-state index is 0.504. The Balaban J connectivity index is 1.26. The molecule has 3 aromatic heterocycles. The molecule has 0 N–H and O–H groups in total. The highest BCUT2D eigenvalue weighted by atomic mass is 16.5. The summed E-state index contributed by atoms with van der Waals surface area (Å²) in [5.41, 5.74) is 10.2. The van der Waals surface area contributed by atoms with Gasteiger partial charge in [0.05, 0.1) is 22.4 Å². The zero-order chi connectivity index (χ0) is 33.4. The van der Waals surface area contributed by atoms with Gasteiger partial charge in [-0.05, 0) is 104 Å². The first-order valence-electron chi connectivity index (χ1n) is 17.2. The van der Waals surface area contributed by atoms with Crippen LogP contribution in [0.15, 0.2) is 109 Å². The van der Waals surface area contributed by atoms with Crippen molar-refractivity contribution in [1.82, 2.24) is 19.3 Å². The second kappa shape index (κ2) is 13.2. The Morgan fingerprint density at radius 3 is 2.31 bits per heavy atom. The molecule has 0 bridgehead atoms. The maximum Gasteiger partial charge on any atom is 0.137 e. The van der Waals surface area contributed by atoms with Crippen molar-refractivity contribution >= 4 is 21.8 Å². The van der Waals surface area contributed by atoms with E-state index in [2.05, 4.69) is 125 Å². The van der Waals surface area contributed by atoms with Crippen LogP contribution in [0.25, 0.3) is 44.4 Å². The van der Waals surface area contributed by atoms with Gasteiger partial charge >= 0.3 is 0 Å². The van der Waals surface area contributed by atoms with Gasteiger partial charge in [-0.1, -0.05) is 76.1 Å². The van der Waals surface area contributed by atoms with Crippen LogP contribution in [-0.2, 0) is 0 Å². The summed E-state index contributed by atoms with van der Waals surface area (Å²) in [7, 11) is 0. The summed E-state index contributed by atoms with van der Waals surface area (Å²) < 4.78 is 10.9. The Labute approximate surface area is 283 Å². The van der Waals surface area contributed by atoms with Gasteiger partial charge in [0.15, 0.2) is 0 Å². The molecule has 0 radical (unpaired) electrons. The third-order valence-electron chi connectivity index (χ3n) is 9.53. The van der Waals surface area contributed by atoms with Crippen molar-refractivity contribution in [1.29, 1.82) is 0 Å². The van der Waals surface area contributed by atoms with Crippen LogP contribution >= 0.6 is 0 Å². The van der Waals surface area contributed by atoms with E-state index in [1.54, 1.807) is 0 Å². The van der Waals surface area contributed by atoms with Gasteiger partial charge in [0.25, 0.3) is 0 Å². The van der Waals surface area contributed by atoms with Gasteiger partial charge in [-0.3, -0.25) is 4.57 Å². The van der Waals surface area contributed by atoms with Gasteiger partial charge in [0.2, 0.25) is 0 Å². The van der Waals surface area contributed by atoms with Crippen LogP contribution < -0.4 is 4.74 Å². The molecule has 0 aliphatic carbocycles. The topological polar surface area (TPSA) is 44.9 Å². The fourth-order valence-corrected chi connectivity index (χ4v) is 7.01. The van der Waals surface area contributed by atoms with E-state index in [1.807, 2.05) is 35.1 Å². The van der Waals surface area contributed by atoms with E-state index < -0.39 is 0 Å². The third-order valence-corrected chi connectivity index (χ3v) is 9.53. The second-order valence-electron chi connectivity index (χ2n) is 13.6. The van der Waals surface area contributed by atoms with Crippen molar-refractivity contribution in [3.05, 3.63) is 132 Å². The van der Waals surface area contributed by atoms with Crippen LogP contribution in [0, 0.1) is 26.7 Å². The van der Waals surface area contributed by atoms with Crippen LogP contribution in [-0.4, -0.2) is 19.3 Å². The second-order valence-corrected chi connectivity index (χ2v) is 13.6. The first kappa shape index (κ1) is 31.4. The van der Waals surface area contributed by atoms with E-state index in [1.165, 1.54) is 46.7 Å². The number of hydrogen-bond acceptors (Lipinski definition) is 3. The molecule has 0 fully saturated rings. The molecule has 1 atom stereocenters. The highest BCUT2D eigenvalue weighted by Crippen LogP contribution is 2.38. The average Bonchev–Trinajstić information content (AvgIpc) is 3.57. The van der Waals surface area contributed by atoms with E-state index in [9.17, 15) is 0 Å². The number of hydrogen-bond donors (Lipinski definition) is 0. The van der Waals surface area contributed by atoms with Crippen LogP contribution in [0.3, 0.4) is 0 Å². The Bertz CT molecular complexity index is 2220. The van der Waals surface area contributed by atoms with Crippen molar-refractivity contribution in [3.63, 3.8) is 0 Å². The van der Waals surface area contributed by atoms with Gasteiger partial charge in [-0.25, -0.2) is 9.67 Å². The average molecular weight is 633 g/mol. The molecule has 4 aromatic carbocycles. The van der Waals surface area contributed by atoms with E-state index in [0.29, 0.717) is 5.92 Å². The Morgan fingerprint density at radius 2 is 1.52 bits per heavy atom. The Kier molecular flexibility index (Phi) is 8.62. The van der Waals surface area contributed by atoms with Crippen molar-refractivity contribution in [2.24, 2.45) is 5.92 Å². The summed E-state index contributed by atoms with van der Waals surface area (Å²) in [6.45, 7) is 13.3.